The molecule has 0 radical (unpaired) electrons. The summed E-state index contributed by atoms with van der Waals surface area (Å²) in [7, 11) is 1.50. The largest absolute Gasteiger partial charge is 0.480 e. The third-order valence-electron chi connectivity index (χ3n) is 2.42. The van der Waals surface area contributed by atoms with E-state index in [1.54, 1.807) is 11.3 Å². The third kappa shape index (κ3) is 5.29. The highest BCUT2D eigenvalue weighted by atomic mass is 32.1. The van der Waals surface area contributed by atoms with Crippen LogP contribution in [0.4, 0.5) is 0 Å². The lowest BCUT2D eigenvalue weighted by atomic mass is 10.2. The normalized spacial score (nSPS) is 12.1. The quantitative estimate of drug-likeness (QED) is 0.747. The number of aryl methyl sites for hydroxylation is 1. The Morgan fingerprint density at radius 1 is 1.56 bits per heavy atom. The summed E-state index contributed by atoms with van der Waals surface area (Å²) >= 11 is 1.59. The van der Waals surface area contributed by atoms with Crippen LogP contribution in [-0.4, -0.2) is 36.7 Å². The Balaban J connectivity index is 2.34. The van der Waals surface area contributed by atoms with Crippen LogP contribution in [0.3, 0.4) is 0 Å². The van der Waals surface area contributed by atoms with Gasteiger partial charge in [-0.3, -0.25) is 4.79 Å². The van der Waals surface area contributed by atoms with E-state index in [1.165, 1.54) is 7.11 Å². The highest BCUT2D eigenvalue weighted by molar-refractivity contribution is 7.09. The highest BCUT2D eigenvalue weighted by Gasteiger charge is 2.19. The lowest BCUT2D eigenvalue weighted by Gasteiger charge is -2.13. The van der Waals surface area contributed by atoms with E-state index in [9.17, 15) is 9.59 Å². The number of hydrogen-bond donors (Lipinski definition) is 2. The van der Waals surface area contributed by atoms with E-state index in [4.69, 9.17) is 9.84 Å². The van der Waals surface area contributed by atoms with Gasteiger partial charge in [-0.15, -0.1) is 11.3 Å². The summed E-state index contributed by atoms with van der Waals surface area (Å²) in [5.41, 5.74) is 0. The van der Waals surface area contributed by atoms with E-state index in [0.717, 1.165) is 4.88 Å². The van der Waals surface area contributed by atoms with Gasteiger partial charge in [0.1, 0.15) is 6.04 Å². The van der Waals surface area contributed by atoms with E-state index >= 15 is 0 Å². The molecule has 1 unspecified atom stereocenters. The van der Waals surface area contributed by atoms with Gasteiger partial charge in [-0.1, -0.05) is 6.07 Å². The van der Waals surface area contributed by atoms with Crippen molar-refractivity contribution in [3.05, 3.63) is 22.4 Å². The fourth-order valence-electron chi connectivity index (χ4n) is 1.45. The third-order valence-corrected chi connectivity index (χ3v) is 3.36. The molecular formula is C12H17NO4S. The SMILES string of the molecule is COCCC(NC(=O)CCc1cccs1)C(=O)O. The topological polar surface area (TPSA) is 75.6 Å². The van der Waals surface area contributed by atoms with Crippen LogP contribution in [0.15, 0.2) is 17.5 Å². The number of ether oxygens (including phenoxy) is 1. The Hall–Kier alpha value is -1.40. The fraction of sp³-hybridized carbons (Fsp3) is 0.500. The van der Waals surface area contributed by atoms with Gasteiger partial charge in [0.25, 0.3) is 0 Å². The number of carbonyl (C=O) groups is 2. The number of carboxylic acid groups (broad SMARTS) is 1. The predicted molar refractivity (Wildman–Crippen MR) is 68.7 cm³/mol. The number of rotatable bonds is 8. The molecule has 0 fully saturated rings. The summed E-state index contributed by atoms with van der Waals surface area (Å²) in [6.45, 7) is 0.308. The van der Waals surface area contributed by atoms with Gasteiger partial charge in [-0.05, 0) is 17.9 Å². The van der Waals surface area contributed by atoms with E-state index < -0.39 is 12.0 Å². The van der Waals surface area contributed by atoms with Crippen LogP contribution in [0.5, 0.6) is 0 Å². The second-order valence-electron chi connectivity index (χ2n) is 3.82. The van der Waals surface area contributed by atoms with Gasteiger partial charge in [0.05, 0.1) is 0 Å². The highest BCUT2D eigenvalue weighted by Crippen LogP contribution is 2.10. The standard InChI is InChI=1S/C12H17NO4S/c1-17-7-6-10(12(15)16)13-11(14)5-4-9-3-2-8-18-9/h2-3,8,10H,4-7H2,1H3,(H,13,14)(H,15,16). The molecule has 0 aliphatic carbocycles. The maximum Gasteiger partial charge on any atom is 0.326 e. The molecule has 1 rings (SSSR count). The van der Waals surface area contributed by atoms with E-state index in [1.807, 2.05) is 17.5 Å². The maximum absolute atomic E-state index is 11.6. The number of aliphatic carboxylic acids is 1. The van der Waals surface area contributed by atoms with Gasteiger partial charge in [0.15, 0.2) is 0 Å². The number of hydrogen-bond acceptors (Lipinski definition) is 4. The number of nitrogens with one attached hydrogen (secondary N) is 1. The number of methoxy groups -OCH3 is 1. The molecule has 0 aliphatic rings. The van der Waals surface area contributed by atoms with Crippen molar-refractivity contribution in [1.29, 1.82) is 0 Å². The lowest BCUT2D eigenvalue weighted by Crippen LogP contribution is -2.41. The molecule has 0 saturated heterocycles. The van der Waals surface area contributed by atoms with E-state index in [0.29, 0.717) is 19.4 Å². The molecule has 1 aromatic heterocycles. The first-order chi connectivity index (χ1) is 8.63. The molecule has 1 atom stereocenters. The molecule has 1 aromatic rings. The molecule has 6 heteroatoms. The smallest absolute Gasteiger partial charge is 0.326 e. The van der Waals surface area contributed by atoms with Crippen molar-refractivity contribution in [3.8, 4) is 0 Å². The van der Waals surface area contributed by atoms with Crippen LogP contribution in [0, 0.1) is 0 Å². The van der Waals surface area contributed by atoms with Crippen LogP contribution in [0.25, 0.3) is 0 Å². The zero-order valence-corrected chi connectivity index (χ0v) is 11.0. The summed E-state index contributed by atoms with van der Waals surface area (Å²) in [6.07, 6.45) is 1.22. The molecule has 100 valence electrons. The zero-order chi connectivity index (χ0) is 13.4. The van der Waals surface area contributed by atoms with Gasteiger partial charge >= 0.3 is 5.97 Å². The van der Waals surface area contributed by atoms with Gasteiger partial charge in [-0.25, -0.2) is 4.79 Å². The van der Waals surface area contributed by atoms with E-state index in [-0.39, 0.29) is 12.3 Å². The first kappa shape index (κ1) is 14.7. The molecule has 18 heavy (non-hydrogen) atoms. The first-order valence-corrected chi connectivity index (χ1v) is 6.55. The summed E-state index contributed by atoms with van der Waals surface area (Å²) in [4.78, 5) is 23.6. The van der Waals surface area contributed by atoms with Crippen LogP contribution >= 0.6 is 11.3 Å². The second-order valence-corrected chi connectivity index (χ2v) is 4.85. The maximum atomic E-state index is 11.6. The monoisotopic (exact) mass is 271 g/mol. The predicted octanol–water partition coefficient (Wildman–Crippen LogP) is 1.29. The molecule has 5 nitrogen and oxygen atoms in total. The van der Waals surface area contributed by atoms with Gasteiger partial charge in [0, 0.05) is 31.4 Å². The molecule has 0 bridgehead atoms. The minimum absolute atomic E-state index is 0.244. The summed E-state index contributed by atoms with van der Waals surface area (Å²) < 4.78 is 4.81. The van der Waals surface area contributed by atoms with Crippen molar-refractivity contribution in [3.63, 3.8) is 0 Å². The minimum atomic E-state index is -1.03. The first-order valence-electron chi connectivity index (χ1n) is 5.67. The molecule has 0 spiro atoms. The fourth-order valence-corrected chi connectivity index (χ4v) is 2.16. The molecular weight excluding hydrogens is 254 g/mol. The molecule has 1 heterocycles. The molecule has 1 amide bonds. The van der Waals surface area contributed by atoms with Crippen molar-refractivity contribution in [1.82, 2.24) is 5.32 Å². The Bertz CT molecular complexity index is 377. The van der Waals surface area contributed by atoms with Crippen LogP contribution in [-0.2, 0) is 20.7 Å². The van der Waals surface area contributed by atoms with Crippen molar-refractivity contribution in [2.24, 2.45) is 0 Å². The van der Waals surface area contributed by atoms with E-state index in [2.05, 4.69) is 5.32 Å². The van der Waals surface area contributed by atoms with Crippen LogP contribution in [0.2, 0.25) is 0 Å². The lowest BCUT2D eigenvalue weighted by molar-refractivity contribution is -0.142. The average Bonchev–Trinajstić information content (AvgIpc) is 2.84. The Morgan fingerprint density at radius 2 is 2.33 bits per heavy atom. The summed E-state index contributed by atoms with van der Waals surface area (Å²) in [5, 5.41) is 13.4. The van der Waals surface area contributed by atoms with Gasteiger partial charge in [0.2, 0.25) is 5.91 Å². The Kier molecular flexibility index (Phi) is 6.38. The van der Waals surface area contributed by atoms with Crippen molar-refractivity contribution >= 4 is 23.2 Å². The van der Waals surface area contributed by atoms with Crippen LogP contribution < -0.4 is 5.32 Å². The van der Waals surface area contributed by atoms with Gasteiger partial charge in [-0.2, -0.15) is 0 Å². The second kappa shape index (κ2) is 7.84. The molecule has 0 aromatic carbocycles. The number of carbonyl (C=O) groups excluding carboxylic acids is 1. The van der Waals surface area contributed by atoms with Crippen molar-refractivity contribution in [2.75, 3.05) is 13.7 Å². The Labute approximate surface area is 110 Å². The van der Waals surface area contributed by atoms with Crippen molar-refractivity contribution in [2.45, 2.75) is 25.3 Å². The van der Waals surface area contributed by atoms with Gasteiger partial charge < -0.3 is 15.2 Å². The molecule has 2 N–H and O–H groups in total. The Morgan fingerprint density at radius 3 is 2.89 bits per heavy atom. The minimum Gasteiger partial charge on any atom is -0.480 e. The average molecular weight is 271 g/mol. The number of amides is 1. The summed E-state index contributed by atoms with van der Waals surface area (Å²) in [5.74, 6) is -1.27. The number of carboxylic acids is 1. The number of thiophene rings is 1. The van der Waals surface area contributed by atoms with Crippen LogP contribution in [0.1, 0.15) is 17.7 Å². The molecule has 0 saturated carbocycles. The van der Waals surface area contributed by atoms with Crippen molar-refractivity contribution < 1.29 is 19.4 Å². The zero-order valence-electron chi connectivity index (χ0n) is 10.2. The summed E-state index contributed by atoms with van der Waals surface area (Å²) in [6, 6.07) is 3.01. The molecule has 0 aliphatic heterocycles.